The lowest BCUT2D eigenvalue weighted by Crippen LogP contribution is -2.28. The molecule has 0 atom stereocenters. The quantitative estimate of drug-likeness (QED) is 0.442. The number of nitrogens with one attached hydrogen (secondary N) is 1. The highest BCUT2D eigenvalue weighted by molar-refractivity contribution is 6.30. The molecule has 0 unspecified atom stereocenters. The summed E-state index contributed by atoms with van der Waals surface area (Å²) in [5.41, 5.74) is 1.38. The van der Waals surface area contributed by atoms with E-state index < -0.39 is 11.9 Å². The summed E-state index contributed by atoms with van der Waals surface area (Å²) in [5, 5.41) is 3.26. The highest BCUT2D eigenvalue weighted by Crippen LogP contribution is 2.14. The van der Waals surface area contributed by atoms with Gasteiger partial charge in [0.15, 0.2) is 12.4 Å². The molecule has 2 aromatic rings. The van der Waals surface area contributed by atoms with Crippen LogP contribution < -0.4 is 10.1 Å². The smallest absolute Gasteiger partial charge is 0.306 e. The first kappa shape index (κ1) is 22.4. The Kier molecular flexibility index (Phi) is 9.18. The number of amides is 1. The number of ether oxygens (including phenoxy) is 2. The van der Waals surface area contributed by atoms with Crippen LogP contribution in [0.2, 0.25) is 5.02 Å². The van der Waals surface area contributed by atoms with E-state index in [2.05, 4.69) is 5.32 Å². The van der Waals surface area contributed by atoms with Crippen molar-refractivity contribution in [1.29, 1.82) is 0 Å². The molecule has 0 saturated carbocycles. The van der Waals surface area contributed by atoms with Crippen LogP contribution in [0.1, 0.15) is 42.1 Å². The maximum atomic E-state index is 12.2. The van der Waals surface area contributed by atoms with Gasteiger partial charge in [0, 0.05) is 23.6 Å². The Balaban J connectivity index is 1.66. The predicted octanol–water partition coefficient (Wildman–Crippen LogP) is 3.95. The second-order valence-corrected chi connectivity index (χ2v) is 6.80. The maximum Gasteiger partial charge on any atom is 0.306 e. The number of hydrogen-bond acceptors (Lipinski definition) is 5. The van der Waals surface area contributed by atoms with Gasteiger partial charge in [0.25, 0.3) is 5.91 Å². The molecular formula is C22H24ClNO5. The van der Waals surface area contributed by atoms with E-state index in [1.807, 2.05) is 6.92 Å². The third-order valence-corrected chi connectivity index (χ3v) is 4.22. The SMILES string of the molecule is CCCOc1ccc(C(=O)CCC(=O)OCC(=O)NCc2ccc(Cl)cc2)cc1. The fourth-order valence-electron chi connectivity index (χ4n) is 2.39. The van der Waals surface area contributed by atoms with Gasteiger partial charge in [-0.2, -0.15) is 0 Å². The molecule has 0 aromatic heterocycles. The van der Waals surface area contributed by atoms with Crippen molar-refractivity contribution >= 4 is 29.3 Å². The fraction of sp³-hybridized carbons (Fsp3) is 0.318. The first-order chi connectivity index (χ1) is 14.0. The maximum absolute atomic E-state index is 12.2. The minimum absolute atomic E-state index is 0.0143. The predicted molar refractivity (Wildman–Crippen MR) is 110 cm³/mol. The molecule has 0 radical (unpaired) electrons. The number of halogens is 1. The Morgan fingerprint density at radius 2 is 1.66 bits per heavy atom. The molecule has 2 rings (SSSR count). The third-order valence-electron chi connectivity index (χ3n) is 3.97. The van der Waals surface area contributed by atoms with E-state index >= 15 is 0 Å². The zero-order valence-electron chi connectivity index (χ0n) is 16.3. The van der Waals surface area contributed by atoms with Crippen molar-refractivity contribution in [2.24, 2.45) is 0 Å². The number of ketones is 1. The molecule has 0 aliphatic heterocycles. The first-order valence-electron chi connectivity index (χ1n) is 9.40. The number of rotatable bonds is 11. The van der Waals surface area contributed by atoms with Gasteiger partial charge in [0.2, 0.25) is 0 Å². The van der Waals surface area contributed by atoms with Crippen molar-refractivity contribution in [2.75, 3.05) is 13.2 Å². The van der Waals surface area contributed by atoms with E-state index in [-0.39, 0.29) is 25.2 Å². The summed E-state index contributed by atoms with van der Waals surface area (Å²) in [6.07, 6.45) is 0.833. The van der Waals surface area contributed by atoms with E-state index in [0.29, 0.717) is 29.5 Å². The van der Waals surface area contributed by atoms with E-state index in [1.165, 1.54) is 0 Å². The standard InChI is InChI=1S/C22H24ClNO5/c1-2-13-28-19-9-5-17(6-10-19)20(25)11-12-22(27)29-15-21(26)24-14-16-3-7-18(23)8-4-16/h3-10H,2,11-15H2,1H3,(H,24,26). The largest absolute Gasteiger partial charge is 0.494 e. The minimum Gasteiger partial charge on any atom is -0.494 e. The summed E-state index contributed by atoms with van der Waals surface area (Å²) in [7, 11) is 0. The molecule has 7 heteroatoms. The summed E-state index contributed by atoms with van der Waals surface area (Å²) in [6.45, 7) is 2.56. The van der Waals surface area contributed by atoms with Crippen LogP contribution in [-0.4, -0.2) is 30.9 Å². The molecule has 6 nitrogen and oxygen atoms in total. The summed E-state index contributed by atoms with van der Waals surface area (Å²) in [5.74, 6) is -0.478. The lowest BCUT2D eigenvalue weighted by Gasteiger charge is -2.07. The molecule has 0 bridgehead atoms. The van der Waals surface area contributed by atoms with Crippen LogP contribution >= 0.6 is 11.6 Å². The summed E-state index contributed by atoms with van der Waals surface area (Å²) in [4.78, 5) is 35.7. The molecule has 0 heterocycles. The van der Waals surface area contributed by atoms with Crippen LogP contribution in [0.5, 0.6) is 5.75 Å². The lowest BCUT2D eigenvalue weighted by atomic mass is 10.1. The van der Waals surface area contributed by atoms with Gasteiger partial charge in [-0.1, -0.05) is 30.7 Å². The third kappa shape index (κ3) is 8.35. The monoisotopic (exact) mass is 417 g/mol. The van der Waals surface area contributed by atoms with Gasteiger partial charge in [-0.05, 0) is 48.4 Å². The molecule has 29 heavy (non-hydrogen) atoms. The number of hydrogen-bond donors (Lipinski definition) is 1. The van der Waals surface area contributed by atoms with Gasteiger partial charge in [-0.15, -0.1) is 0 Å². The Labute approximate surface area is 175 Å². The molecule has 0 aliphatic carbocycles. The molecule has 154 valence electrons. The highest BCUT2D eigenvalue weighted by Gasteiger charge is 2.12. The summed E-state index contributed by atoms with van der Waals surface area (Å²) < 4.78 is 10.4. The number of benzene rings is 2. The molecular weight excluding hydrogens is 394 g/mol. The average Bonchev–Trinajstić information content (AvgIpc) is 2.74. The number of esters is 1. The first-order valence-corrected chi connectivity index (χ1v) is 9.78. The summed E-state index contributed by atoms with van der Waals surface area (Å²) in [6, 6.07) is 13.8. The van der Waals surface area contributed by atoms with Crippen molar-refractivity contribution < 1.29 is 23.9 Å². The zero-order chi connectivity index (χ0) is 21.1. The van der Waals surface area contributed by atoms with E-state index in [0.717, 1.165) is 12.0 Å². The van der Waals surface area contributed by atoms with Gasteiger partial charge in [0.1, 0.15) is 5.75 Å². The van der Waals surface area contributed by atoms with Crippen molar-refractivity contribution in [3.8, 4) is 5.75 Å². The molecule has 1 N–H and O–H groups in total. The van der Waals surface area contributed by atoms with Crippen LogP contribution in [0.25, 0.3) is 0 Å². The zero-order valence-corrected chi connectivity index (χ0v) is 17.0. The average molecular weight is 418 g/mol. The Hall–Kier alpha value is -2.86. The normalized spacial score (nSPS) is 10.3. The molecule has 0 saturated heterocycles. The fourth-order valence-corrected chi connectivity index (χ4v) is 2.52. The molecule has 0 fully saturated rings. The topological polar surface area (TPSA) is 81.7 Å². The van der Waals surface area contributed by atoms with Crippen molar-refractivity contribution in [2.45, 2.75) is 32.7 Å². The molecule has 0 spiro atoms. The Bertz CT molecular complexity index is 818. The van der Waals surface area contributed by atoms with Crippen LogP contribution in [-0.2, 0) is 20.9 Å². The Morgan fingerprint density at radius 3 is 2.31 bits per heavy atom. The Morgan fingerprint density at radius 1 is 0.966 bits per heavy atom. The van der Waals surface area contributed by atoms with Crippen molar-refractivity contribution in [3.63, 3.8) is 0 Å². The summed E-state index contributed by atoms with van der Waals surface area (Å²) >= 11 is 5.80. The van der Waals surface area contributed by atoms with Gasteiger partial charge in [0.05, 0.1) is 13.0 Å². The number of carbonyl (C=O) groups excluding carboxylic acids is 3. The molecule has 1 amide bonds. The highest BCUT2D eigenvalue weighted by atomic mass is 35.5. The second kappa shape index (κ2) is 11.9. The number of Topliss-reactive ketones (excluding diaryl/α,β-unsaturated/α-hetero) is 1. The van der Waals surface area contributed by atoms with Crippen molar-refractivity contribution in [3.05, 3.63) is 64.7 Å². The molecule has 0 aliphatic rings. The second-order valence-electron chi connectivity index (χ2n) is 6.36. The van der Waals surface area contributed by atoms with E-state index in [9.17, 15) is 14.4 Å². The van der Waals surface area contributed by atoms with Crippen LogP contribution in [0.3, 0.4) is 0 Å². The lowest BCUT2D eigenvalue weighted by molar-refractivity contribution is -0.148. The van der Waals surface area contributed by atoms with Gasteiger partial charge in [-0.3, -0.25) is 14.4 Å². The van der Waals surface area contributed by atoms with E-state index in [4.69, 9.17) is 21.1 Å². The van der Waals surface area contributed by atoms with Gasteiger partial charge < -0.3 is 14.8 Å². The van der Waals surface area contributed by atoms with Crippen LogP contribution in [0.4, 0.5) is 0 Å². The van der Waals surface area contributed by atoms with Crippen LogP contribution in [0, 0.1) is 0 Å². The van der Waals surface area contributed by atoms with Gasteiger partial charge in [-0.25, -0.2) is 0 Å². The van der Waals surface area contributed by atoms with Gasteiger partial charge >= 0.3 is 5.97 Å². The molecule has 2 aromatic carbocycles. The van der Waals surface area contributed by atoms with Crippen LogP contribution in [0.15, 0.2) is 48.5 Å². The van der Waals surface area contributed by atoms with Crippen molar-refractivity contribution in [1.82, 2.24) is 5.32 Å². The number of carbonyl (C=O) groups is 3. The minimum atomic E-state index is -0.595. The van der Waals surface area contributed by atoms with E-state index in [1.54, 1.807) is 48.5 Å².